The first-order valence-corrected chi connectivity index (χ1v) is 7.47. The molecule has 0 aromatic heterocycles. The molecular formula is C19H21N. The molecule has 2 atom stereocenters. The van der Waals surface area contributed by atoms with Crippen molar-refractivity contribution in [2.75, 3.05) is 5.32 Å². The van der Waals surface area contributed by atoms with Crippen LogP contribution in [0.5, 0.6) is 0 Å². The smallest absolute Gasteiger partial charge is 0.0342 e. The second-order valence-corrected chi connectivity index (χ2v) is 5.48. The second kappa shape index (κ2) is 6.42. The van der Waals surface area contributed by atoms with E-state index in [1.807, 2.05) is 0 Å². The number of anilines is 1. The van der Waals surface area contributed by atoms with E-state index in [4.69, 9.17) is 0 Å². The van der Waals surface area contributed by atoms with E-state index in [0.717, 1.165) is 0 Å². The summed E-state index contributed by atoms with van der Waals surface area (Å²) in [6.07, 6.45) is 8.50. The Kier molecular flexibility index (Phi) is 4.17. The SMILES string of the molecule is C(=C\[C@H]1CCC[C@@H]1Nc1ccccc1)/c1ccccc1. The molecule has 1 heteroatoms. The Hall–Kier alpha value is -2.02. The fourth-order valence-electron chi connectivity index (χ4n) is 2.95. The molecule has 0 aliphatic heterocycles. The van der Waals surface area contributed by atoms with Crippen LogP contribution in [-0.4, -0.2) is 6.04 Å². The van der Waals surface area contributed by atoms with E-state index in [-0.39, 0.29) is 0 Å². The molecular weight excluding hydrogens is 242 g/mol. The summed E-state index contributed by atoms with van der Waals surface area (Å²) >= 11 is 0. The number of hydrogen-bond donors (Lipinski definition) is 1. The van der Waals surface area contributed by atoms with Gasteiger partial charge >= 0.3 is 0 Å². The summed E-state index contributed by atoms with van der Waals surface area (Å²) in [7, 11) is 0. The zero-order valence-corrected chi connectivity index (χ0v) is 11.7. The van der Waals surface area contributed by atoms with Crippen LogP contribution in [0.2, 0.25) is 0 Å². The van der Waals surface area contributed by atoms with Crippen LogP contribution in [0.15, 0.2) is 66.7 Å². The molecule has 3 rings (SSSR count). The zero-order valence-electron chi connectivity index (χ0n) is 11.7. The normalized spacial score (nSPS) is 22.2. The highest BCUT2D eigenvalue weighted by Gasteiger charge is 2.24. The molecule has 1 fully saturated rings. The number of hydrogen-bond acceptors (Lipinski definition) is 1. The predicted octanol–water partition coefficient (Wildman–Crippen LogP) is 4.98. The zero-order chi connectivity index (χ0) is 13.6. The molecule has 0 bridgehead atoms. The van der Waals surface area contributed by atoms with Gasteiger partial charge in [0.05, 0.1) is 0 Å². The summed E-state index contributed by atoms with van der Waals surface area (Å²) in [6, 6.07) is 21.7. The highest BCUT2D eigenvalue weighted by Crippen LogP contribution is 2.30. The Morgan fingerprint density at radius 2 is 1.55 bits per heavy atom. The van der Waals surface area contributed by atoms with E-state index >= 15 is 0 Å². The third kappa shape index (κ3) is 3.30. The Balaban J connectivity index is 1.65. The highest BCUT2D eigenvalue weighted by molar-refractivity contribution is 5.50. The lowest BCUT2D eigenvalue weighted by molar-refractivity contribution is 0.619. The summed E-state index contributed by atoms with van der Waals surface area (Å²) in [4.78, 5) is 0. The fourth-order valence-corrected chi connectivity index (χ4v) is 2.95. The van der Waals surface area contributed by atoms with Gasteiger partial charge in [-0.3, -0.25) is 0 Å². The van der Waals surface area contributed by atoms with Crippen molar-refractivity contribution in [2.24, 2.45) is 5.92 Å². The van der Waals surface area contributed by atoms with Crippen molar-refractivity contribution < 1.29 is 0 Å². The first-order chi connectivity index (χ1) is 9.92. The molecule has 1 aliphatic rings. The number of nitrogens with one attached hydrogen (secondary N) is 1. The molecule has 1 saturated carbocycles. The number of para-hydroxylation sites is 1. The maximum Gasteiger partial charge on any atom is 0.0342 e. The van der Waals surface area contributed by atoms with Crippen LogP contribution in [0.4, 0.5) is 5.69 Å². The van der Waals surface area contributed by atoms with Crippen molar-refractivity contribution in [1.29, 1.82) is 0 Å². The van der Waals surface area contributed by atoms with Crippen molar-refractivity contribution in [2.45, 2.75) is 25.3 Å². The summed E-state index contributed by atoms with van der Waals surface area (Å²) in [6.45, 7) is 0. The standard InChI is InChI=1S/C19H21N/c1-3-8-16(9-4-1)14-15-17-10-7-13-19(17)20-18-11-5-2-6-12-18/h1-6,8-9,11-12,14-15,17,19-20H,7,10,13H2/b15-14+/t17-,19+/m1/s1. The minimum Gasteiger partial charge on any atom is -0.382 e. The van der Waals surface area contributed by atoms with Crippen LogP contribution in [-0.2, 0) is 0 Å². The van der Waals surface area contributed by atoms with Crippen molar-refractivity contribution in [3.63, 3.8) is 0 Å². The van der Waals surface area contributed by atoms with Gasteiger partial charge in [-0.25, -0.2) is 0 Å². The van der Waals surface area contributed by atoms with Gasteiger partial charge in [0.2, 0.25) is 0 Å². The first kappa shape index (κ1) is 13.0. The molecule has 2 aromatic carbocycles. The van der Waals surface area contributed by atoms with Crippen LogP contribution < -0.4 is 5.32 Å². The van der Waals surface area contributed by atoms with Crippen LogP contribution in [0.25, 0.3) is 6.08 Å². The first-order valence-electron chi connectivity index (χ1n) is 7.47. The largest absolute Gasteiger partial charge is 0.382 e. The average molecular weight is 263 g/mol. The molecule has 0 saturated heterocycles. The molecule has 0 spiro atoms. The topological polar surface area (TPSA) is 12.0 Å². The van der Waals surface area contributed by atoms with E-state index in [0.29, 0.717) is 12.0 Å². The predicted molar refractivity (Wildman–Crippen MR) is 86.7 cm³/mol. The van der Waals surface area contributed by atoms with Crippen LogP contribution in [0.1, 0.15) is 24.8 Å². The highest BCUT2D eigenvalue weighted by atomic mass is 14.9. The minimum atomic E-state index is 0.567. The molecule has 1 N–H and O–H groups in total. The molecule has 102 valence electrons. The summed E-state index contributed by atoms with van der Waals surface area (Å²) < 4.78 is 0. The van der Waals surface area contributed by atoms with Gasteiger partial charge in [-0.2, -0.15) is 0 Å². The van der Waals surface area contributed by atoms with Gasteiger partial charge in [0.15, 0.2) is 0 Å². The van der Waals surface area contributed by atoms with Gasteiger partial charge in [0.25, 0.3) is 0 Å². The van der Waals surface area contributed by atoms with Gasteiger partial charge < -0.3 is 5.32 Å². The second-order valence-electron chi connectivity index (χ2n) is 5.48. The third-order valence-corrected chi connectivity index (χ3v) is 4.03. The Bertz CT molecular complexity index is 544. The quantitative estimate of drug-likeness (QED) is 0.820. The lowest BCUT2D eigenvalue weighted by Crippen LogP contribution is -2.22. The summed E-state index contributed by atoms with van der Waals surface area (Å²) in [5.74, 6) is 0.635. The van der Waals surface area contributed by atoms with Crippen LogP contribution >= 0.6 is 0 Å². The Morgan fingerprint density at radius 1 is 0.850 bits per heavy atom. The van der Waals surface area contributed by atoms with Gasteiger partial charge in [-0.15, -0.1) is 0 Å². The van der Waals surface area contributed by atoms with Crippen molar-refractivity contribution >= 4 is 11.8 Å². The monoisotopic (exact) mass is 263 g/mol. The summed E-state index contributed by atoms with van der Waals surface area (Å²) in [5.41, 5.74) is 2.52. The number of benzene rings is 2. The van der Waals surface area contributed by atoms with Crippen LogP contribution in [0, 0.1) is 5.92 Å². The molecule has 0 radical (unpaired) electrons. The van der Waals surface area contributed by atoms with Crippen molar-refractivity contribution in [3.8, 4) is 0 Å². The Morgan fingerprint density at radius 3 is 2.30 bits per heavy atom. The van der Waals surface area contributed by atoms with Gasteiger partial charge in [-0.05, 0) is 36.5 Å². The van der Waals surface area contributed by atoms with E-state index < -0.39 is 0 Å². The molecule has 2 aromatic rings. The molecule has 20 heavy (non-hydrogen) atoms. The minimum absolute atomic E-state index is 0.567. The molecule has 0 amide bonds. The average Bonchev–Trinajstić information content (AvgIpc) is 2.94. The molecule has 0 heterocycles. The number of rotatable bonds is 4. The van der Waals surface area contributed by atoms with Gasteiger partial charge in [0.1, 0.15) is 0 Å². The lowest BCUT2D eigenvalue weighted by Gasteiger charge is -2.19. The van der Waals surface area contributed by atoms with Gasteiger partial charge in [0, 0.05) is 11.7 Å². The Labute approximate surface area is 121 Å². The van der Waals surface area contributed by atoms with E-state index in [1.165, 1.54) is 30.5 Å². The third-order valence-electron chi connectivity index (χ3n) is 4.03. The maximum absolute atomic E-state index is 3.68. The van der Waals surface area contributed by atoms with Crippen LogP contribution in [0.3, 0.4) is 0 Å². The molecule has 1 nitrogen and oxygen atoms in total. The van der Waals surface area contributed by atoms with E-state index in [2.05, 4.69) is 78.1 Å². The van der Waals surface area contributed by atoms with Gasteiger partial charge in [-0.1, -0.05) is 67.1 Å². The van der Waals surface area contributed by atoms with Crippen molar-refractivity contribution in [1.82, 2.24) is 0 Å². The summed E-state index contributed by atoms with van der Waals surface area (Å²) in [5, 5.41) is 3.68. The fraction of sp³-hybridized carbons (Fsp3) is 0.263. The molecule has 1 aliphatic carbocycles. The maximum atomic E-state index is 3.68. The van der Waals surface area contributed by atoms with Crippen molar-refractivity contribution in [3.05, 3.63) is 72.3 Å². The molecule has 0 unspecified atom stereocenters. The van der Waals surface area contributed by atoms with E-state index in [9.17, 15) is 0 Å². The van der Waals surface area contributed by atoms with E-state index in [1.54, 1.807) is 0 Å². The lowest BCUT2D eigenvalue weighted by atomic mass is 10.0.